The molecule has 3 atom stereocenters. The van der Waals surface area contributed by atoms with Crippen molar-refractivity contribution in [3.63, 3.8) is 0 Å². The molecule has 0 N–H and O–H groups in total. The van der Waals surface area contributed by atoms with Crippen molar-refractivity contribution >= 4 is 5.91 Å². The summed E-state index contributed by atoms with van der Waals surface area (Å²) in [6.07, 6.45) is 11.3. The highest BCUT2D eigenvalue weighted by atomic mass is 16.5. The second kappa shape index (κ2) is 7.83. The highest BCUT2D eigenvalue weighted by molar-refractivity contribution is 5.77. The number of rotatable bonds is 5. The fourth-order valence-corrected chi connectivity index (χ4v) is 4.60. The molecule has 3 aliphatic rings. The van der Waals surface area contributed by atoms with E-state index < -0.39 is 0 Å². The Kier molecular flexibility index (Phi) is 5.32. The summed E-state index contributed by atoms with van der Waals surface area (Å²) in [5.41, 5.74) is 1.11. The van der Waals surface area contributed by atoms with E-state index in [2.05, 4.69) is 9.88 Å². The summed E-state index contributed by atoms with van der Waals surface area (Å²) in [7, 11) is 0. The van der Waals surface area contributed by atoms with Gasteiger partial charge in [0.2, 0.25) is 5.91 Å². The second-order valence-corrected chi connectivity index (χ2v) is 7.65. The van der Waals surface area contributed by atoms with Gasteiger partial charge < -0.3 is 14.4 Å². The first-order valence-electron chi connectivity index (χ1n) is 9.73. The van der Waals surface area contributed by atoms with Gasteiger partial charge in [-0.25, -0.2) is 0 Å². The zero-order valence-electron chi connectivity index (χ0n) is 14.8. The van der Waals surface area contributed by atoms with Crippen LogP contribution in [0.4, 0.5) is 0 Å². The highest BCUT2D eigenvalue weighted by Gasteiger charge is 2.46. The number of carbonyl (C=O) groups excluding carboxylic acids is 1. The van der Waals surface area contributed by atoms with E-state index in [0.717, 1.165) is 25.0 Å². The van der Waals surface area contributed by atoms with Crippen molar-refractivity contribution in [2.45, 2.75) is 69.8 Å². The number of ether oxygens (including phenoxy) is 2. The third-order valence-corrected chi connectivity index (χ3v) is 5.95. The number of hydrogen-bond acceptors (Lipinski definition) is 4. The van der Waals surface area contributed by atoms with Gasteiger partial charge in [0.05, 0.1) is 12.6 Å². The van der Waals surface area contributed by atoms with Gasteiger partial charge in [-0.2, -0.15) is 0 Å². The van der Waals surface area contributed by atoms with Crippen LogP contribution in [0.1, 0.15) is 50.5 Å². The van der Waals surface area contributed by atoms with Crippen LogP contribution >= 0.6 is 0 Å². The molecule has 1 aromatic rings. The SMILES string of the molecule is O=C(CC1CCCC1)N1C[C@@H](OCc2ccncc2)[C@@H]2OCCC[C@@H]21. The summed E-state index contributed by atoms with van der Waals surface area (Å²) in [5, 5.41) is 0. The summed E-state index contributed by atoms with van der Waals surface area (Å²) >= 11 is 0. The first kappa shape index (κ1) is 17.0. The summed E-state index contributed by atoms with van der Waals surface area (Å²) in [4.78, 5) is 19.0. The van der Waals surface area contributed by atoms with Gasteiger partial charge in [-0.05, 0) is 49.3 Å². The summed E-state index contributed by atoms with van der Waals surface area (Å²) in [6.45, 7) is 2.00. The van der Waals surface area contributed by atoms with Gasteiger partial charge in [-0.3, -0.25) is 9.78 Å². The Hall–Kier alpha value is -1.46. The van der Waals surface area contributed by atoms with Crippen LogP contribution in [0.15, 0.2) is 24.5 Å². The summed E-state index contributed by atoms with van der Waals surface area (Å²) in [6, 6.07) is 4.14. The minimum absolute atomic E-state index is 0.0222. The highest BCUT2D eigenvalue weighted by Crippen LogP contribution is 2.34. The monoisotopic (exact) mass is 344 g/mol. The zero-order valence-corrected chi connectivity index (χ0v) is 14.8. The van der Waals surface area contributed by atoms with Crippen molar-refractivity contribution in [1.29, 1.82) is 0 Å². The number of carbonyl (C=O) groups is 1. The topological polar surface area (TPSA) is 51.7 Å². The van der Waals surface area contributed by atoms with Crippen LogP contribution < -0.4 is 0 Å². The molecule has 1 saturated carbocycles. The normalized spacial score (nSPS) is 29.8. The fourth-order valence-electron chi connectivity index (χ4n) is 4.60. The third-order valence-electron chi connectivity index (χ3n) is 5.95. The van der Waals surface area contributed by atoms with Crippen LogP contribution in [0.2, 0.25) is 0 Å². The van der Waals surface area contributed by atoms with Gasteiger partial charge >= 0.3 is 0 Å². The van der Waals surface area contributed by atoms with Gasteiger partial charge in [0.1, 0.15) is 12.2 Å². The third kappa shape index (κ3) is 3.87. The zero-order chi connectivity index (χ0) is 17.1. The van der Waals surface area contributed by atoms with Gasteiger partial charge in [-0.15, -0.1) is 0 Å². The molecule has 5 nitrogen and oxygen atoms in total. The Morgan fingerprint density at radius 3 is 2.80 bits per heavy atom. The quantitative estimate of drug-likeness (QED) is 0.824. The molecule has 0 bridgehead atoms. The lowest BCUT2D eigenvalue weighted by Crippen LogP contribution is -2.44. The second-order valence-electron chi connectivity index (χ2n) is 7.65. The number of nitrogens with zero attached hydrogens (tertiary/aromatic N) is 2. The predicted molar refractivity (Wildman–Crippen MR) is 93.9 cm³/mol. The van der Waals surface area contributed by atoms with Crippen molar-refractivity contribution in [2.24, 2.45) is 5.92 Å². The lowest BCUT2D eigenvalue weighted by atomic mass is 10.0. The van der Waals surface area contributed by atoms with Crippen LogP contribution in [0, 0.1) is 5.92 Å². The number of aromatic nitrogens is 1. The molecule has 3 fully saturated rings. The van der Waals surface area contributed by atoms with E-state index in [1.54, 1.807) is 12.4 Å². The maximum atomic E-state index is 12.9. The molecule has 0 radical (unpaired) electrons. The number of amides is 1. The van der Waals surface area contributed by atoms with Crippen LogP contribution in [0.5, 0.6) is 0 Å². The molecular formula is C20H28N2O3. The minimum atomic E-state index is -0.0222. The molecule has 0 unspecified atom stereocenters. The first-order chi connectivity index (χ1) is 12.3. The van der Waals surface area contributed by atoms with Crippen molar-refractivity contribution in [3.05, 3.63) is 30.1 Å². The molecule has 0 aromatic carbocycles. The maximum absolute atomic E-state index is 12.9. The van der Waals surface area contributed by atoms with E-state index in [0.29, 0.717) is 31.4 Å². The van der Waals surface area contributed by atoms with E-state index in [9.17, 15) is 4.79 Å². The molecule has 25 heavy (non-hydrogen) atoms. The average Bonchev–Trinajstić information content (AvgIpc) is 3.28. The van der Waals surface area contributed by atoms with Crippen molar-refractivity contribution in [1.82, 2.24) is 9.88 Å². The Morgan fingerprint density at radius 1 is 1.20 bits per heavy atom. The van der Waals surface area contributed by atoms with Crippen LogP contribution in [0.25, 0.3) is 0 Å². The van der Waals surface area contributed by atoms with Crippen LogP contribution in [-0.2, 0) is 20.9 Å². The molecule has 5 heteroatoms. The Bertz CT molecular complexity index is 574. The lowest BCUT2D eigenvalue weighted by Gasteiger charge is -2.32. The Morgan fingerprint density at radius 2 is 2.00 bits per heavy atom. The number of likely N-dealkylation sites (tertiary alicyclic amines) is 1. The van der Waals surface area contributed by atoms with Crippen LogP contribution in [-0.4, -0.2) is 47.2 Å². The molecule has 1 aliphatic carbocycles. The molecule has 2 aliphatic heterocycles. The molecular weight excluding hydrogens is 316 g/mol. The van der Waals surface area contributed by atoms with E-state index in [1.165, 1.54) is 25.7 Å². The van der Waals surface area contributed by atoms with Crippen molar-refractivity contribution in [2.75, 3.05) is 13.2 Å². The molecule has 2 saturated heterocycles. The Balaban J connectivity index is 1.39. The first-order valence-corrected chi connectivity index (χ1v) is 9.73. The standard InChI is InChI=1S/C20H28N2O3/c23-19(12-15-4-1-2-5-15)22-13-18(20-17(22)6-3-11-24-20)25-14-16-7-9-21-10-8-16/h7-10,15,17-18,20H,1-6,11-14H2/t17-,18+,20+/m0/s1. The average molecular weight is 344 g/mol. The van der Waals surface area contributed by atoms with Gasteiger partial charge in [-0.1, -0.05) is 12.8 Å². The molecule has 136 valence electrons. The smallest absolute Gasteiger partial charge is 0.223 e. The number of hydrogen-bond donors (Lipinski definition) is 0. The maximum Gasteiger partial charge on any atom is 0.223 e. The Labute approximate surface area is 149 Å². The summed E-state index contributed by atoms with van der Waals surface area (Å²) in [5.74, 6) is 0.898. The molecule has 1 aromatic heterocycles. The van der Waals surface area contributed by atoms with E-state index in [-0.39, 0.29) is 18.2 Å². The minimum Gasteiger partial charge on any atom is -0.373 e. The van der Waals surface area contributed by atoms with Gasteiger partial charge in [0.25, 0.3) is 0 Å². The van der Waals surface area contributed by atoms with Crippen molar-refractivity contribution < 1.29 is 14.3 Å². The van der Waals surface area contributed by atoms with E-state index in [4.69, 9.17) is 9.47 Å². The lowest BCUT2D eigenvalue weighted by molar-refractivity contribution is -0.135. The number of fused-ring (bicyclic) bond motifs is 1. The predicted octanol–water partition coefficient (Wildman–Crippen LogP) is 2.94. The fraction of sp³-hybridized carbons (Fsp3) is 0.700. The van der Waals surface area contributed by atoms with Gasteiger partial charge in [0, 0.05) is 32.0 Å². The molecule has 0 spiro atoms. The largest absolute Gasteiger partial charge is 0.373 e. The van der Waals surface area contributed by atoms with Crippen molar-refractivity contribution in [3.8, 4) is 0 Å². The number of pyridine rings is 1. The van der Waals surface area contributed by atoms with Gasteiger partial charge in [0.15, 0.2) is 0 Å². The van der Waals surface area contributed by atoms with E-state index in [1.807, 2.05) is 12.1 Å². The van der Waals surface area contributed by atoms with E-state index >= 15 is 0 Å². The van der Waals surface area contributed by atoms with Crippen LogP contribution in [0.3, 0.4) is 0 Å². The molecule has 3 heterocycles. The molecule has 4 rings (SSSR count). The molecule has 1 amide bonds. The summed E-state index contributed by atoms with van der Waals surface area (Å²) < 4.78 is 12.2.